The molecule has 0 atom stereocenters. The van der Waals surface area contributed by atoms with Gasteiger partial charge in [-0.3, -0.25) is 4.68 Å². The van der Waals surface area contributed by atoms with Gasteiger partial charge >= 0.3 is 0 Å². The average molecular weight is 337 g/mol. The topological polar surface area (TPSA) is 53.1 Å². The maximum Gasteiger partial charge on any atom is 0.261 e. The van der Waals surface area contributed by atoms with Gasteiger partial charge in [0.05, 0.1) is 16.2 Å². The Balaban J connectivity index is 2.36. The lowest BCUT2D eigenvalue weighted by Crippen LogP contribution is -1.92. The Bertz CT molecular complexity index is 571. The van der Waals surface area contributed by atoms with Crippen LogP contribution in [0.5, 0.6) is 11.6 Å². The molecule has 0 aliphatic heterocycles. The van der Waals surface area contributed by atoms with E-state index in [-0.39, 0.29) is 0 Å². The molecule has 0 radical (unpaired) electrons. The Hall–Kier alpha value is -0.910. The van der Waals surface area contributed by atoms with E-state index < -0.39 is 0 Å². The van der Waals surface area contributed by atoms with Gasteiger partial charge < -0.3 is 10.5 Å². The maximum atomic E-state index is 6.02. The van der Waals surface area contributed by atoms with Crippen LogP contribution in [0.2, 0.25) is 10.0 Å². The molecule has 0 spiro atoms. The minimum atomic E-state index is 0.299. The van der Waals surface area contributed by atoms with Crippen molar-refractivity contribution in [2.24, 2.45) is 7.05 Å². The van der Waals surface area contributed by atoms with Crippen molar-refractivity contribution in [3.8, 4) is 11.6 Å². The van der Waals surface area contributed by atoms with Crippen molar-refractivity contribution in [2.45, 2.75) is 0 Å². The van der Waals surface area contributed by atoms with Crippen LogP contribution in [0.15, 0.2) is 22.8 Å². The highest BCUT2D eigenvalue weighted by atomic mass is 79.9. The number of nitrogens with two attached hydrogens (primary N) is 1. The number of hydrogen-bond donors (Lipinski definition) is 1. The third-order valence-electron chi connectivity index (χ3n) is 2.00. The van der Waals surface area contributed by atoms with Crippen molar-refractivity contribution in [1.29, 1.82) is 0 Å². The molecule has 0 amide bonds. The number of rotatable bonds is 2. The number of aryl methyl sites for hydroxylation is 1. The first-order valence-electron chi connectivity index (χ1n) is 4.59. The summed E-state index contributed by atoms with van der Waals surface area (Å²) in [5, 5.41) is 4.98. The molecule has 7 heteroatoms. The second-order valence-corrected chi connectivity index (χ2v) is 5.03. The van der Waals surface area contributed by atoms with Gasteiger partial charge in [-0.1, -0.05) is 23.2 Å². The number of nitrogens with zero attached hydrogens (tertiary/aromatic N) is 2. The molecular formula is C10H8BrCl2N3O. The molecule has 0 saturated heterocycles. The first-order chi connectivity index (χ1) is 7.97. The minimum absolute atomic E-state index is 0.299. The summed E-state index contributed by atoms with van der Waals surface area (Å²) in [5.74, 6) is 0.707. The lowest BCUT2D eigenvalue weighted by molar-refractivity contribution is 0.456. The van der Waals surface area contributed by atoms with E-state index in [1.54, 1.807) is 30.1 Å². The number of hydrogen-bond acceptors (Lipinski definition) is 3. The molecule has 0 saturated carbocycles. The zero-order chi connectivity index (χ0) is 12.6. The van der Waals surface area contributed by atoms with Crippen LogP contribution >= 0.6 is 39.1 Å². The third-order valence-corrected chi connectivity index (χ3v) is 3.50. The molecule has 0 fully saturated rings. The fourth-order valence-electron chi connectivity index (χ4n) is 1.25. The van der Waals surface area contributed by atoms with Gasteiger partial charge in [0.1, 0.15) is 11.4 Å². The Labute approximate surface area is 116 Å². The molecule has 4 nitrogen and oxygen atoms in total. The van der Waals surface area contributed by atoms with E-state index >= 15 is 0 Å². The molecule has 1 aromatic heterocycles. The van der Waals surface area contributed by atoms with E-state index in [9.17, 15) is 0 Å². The summed E-state index contributed by atoms with van der Waals surface area (Å²) in [5.41, 5.74) is 6.15. The van der Waals surface area contributed by atoms with Crippen LogP contribution < -0.4 is 10.5 Å². The number of ether oxygens (including phenoxy) is 1. The molecular weight excluding hydrogens is 329 g/mol. The summed E-state index contributed by atoms with van der Waals surface area (Å²) in [4.78, 5) is 0. The molecule has 0 aliphatic carbocycles. The first-order valence-corrected chi connectivity index (χ1v) is 6.14. The Morgan fingerprint density at radius 3 is 2.65 bits per heavy atom. The number of aromatic nitrogens is 2. The molecule has 0 unspecified atom stereocenters. The van der Waals surface area contributed by atoms with Crippen molar-refractivity contribution < 1.29 is 4.74 Å². The Kier molecular flexibility index (Phi) is 3.51. The highest BCUT2D eigenvalue weighted by Gasteiger charge is 2.11. The van der Waals surface area contributed by atoms with Gasteiger partial charge in [0, 0.05) is 17.6 Å². The summed E-state index contributed by atoms with van der Waals surface area (Å²) in [6, 6.07) is 3.25. The van der Waals surface area contributed by atoms with E-state index in [1.807, 2.05) is 0 Å². The summed E-state index contributed by atoms with van der Waals surface area (Å²) in [6.07, 6.45) is 1.64. The Morgan fingerprint density at radius 1 is 1.35 bits per heavy atom. The van der Waals surface area contributed by atoms with E-state index in [2.05, 4.69) is 21.0 Å². The number of halogens is 3. The lowest BCUT2D eigenvalue weighted by atomic mass is 10.3. The summed E-state index contributed by atoms with van der Waals surface area (Å²) < 4.78 is 7.76. The predicted molar refractivity (Wildman–Crippen MR) is 71.9 cm³/mol. The predicted octanol–water partition coefficient (Wildman–Crippen LogP) is 3.86. The molecule has 1 aromatic carbocycles. The monoisotopic (exact) mass is 335 g/mol. The van der Waals surface area contributed by atoms with E-state index in [4.69, 9.17) is 33.7 Å². The van der Waals surface area contributed by atoms with Gasteiger partial charge in [0.2, 0.25) is 0 Å². The van der Waals surface area contributed by atoms with E-state index in [1.165, 1.54) is 0 Å². The molecule has 2 rings (SSSR count). The first kappa shape index (κ1) is 12.5. The van der Waals surface area contributed by atoms with Crippen LogP contribution in [-0.4, -0.2) is 9.78 Å². The second kappa shape index (κ2) is 4.76. The fourth-order valence-corrected chi connectivity index (χ4v) is 2.08. The van der Waals surface area contributed by atoms with Crippen LogP contribution in [0.4, 0.5) is 5.69 Å². The fraction of sp³-hybridized carbons (Fsp3) is 0.100. The Morgan fingerprint density at radius 2 is 2.06 bits per heavy atom. The third kappa shape index (κ3) is 2.68. The number of anilines is 1. The standard InChI is InChI=1S/C10H8BrCl2N3O/c1-16-4-8(14)10(15-16)17-9-3-6(12)5(11)2-7(9)13/h2-4H,14H2,1H3. The number of benzene rings is 1. The van der Waals surface area contributed by atoms with Crippen molar-refractivity contribution in [2.75, 3.05) is 5.73 Å². The molecule has 17 heavy (non-hydrogen) atoms. The molecule has 90 valence electrons. The highest BCUT2D eigenvalue weighted by Crippen LogP contribution is 2.37. The zero-order valence-electron chi connectivity index (χ0n) is 8.75. The average Bonchev–Trinajstić information content (AvgIpc) is 2.54. The van der Waals surface area contributed by atoms with E-state index in [0.29, 0.717) is 31.8 Å². The lowest BCUT2D eigenvalue weighted by Gasteiger charge is -2.07. The smallest absolute Gasteiger partial charge is 0.261 e. The SMILES string of the molecule is Cn1cc(N)c(Oc2cc(Cl)c(Br)cc2Cl)n1. The maximum absolute atomic E-state index is 6.02. The molecule has 0 aliphatic rings. The highest BCUT2D eigenvalue weighted by molar-refractivity contribution is 9.10. The quantitative estimate of drug-likeness (QED) is 0.847. The molecule has 2 aromatic rings. The van der Waals surface area contributed by atoms with Crippen LogP contribution in [0, 0.1) is 0 Å². The van der Waals surface area contributed by atoms with Crippen LogP contribution in [0.25, 0.3) is 0 Å². The molecule has 0 bridgehead atoms. The number of nitrogen functional groups attached to an aromatic ring is 1. The molecule has 2 N–H and O–H groups in total. The second-order valence-electron chi connectivity index (χ2n) is 3.36. The minimum Gasteiger partial charge on any atom is -0.434 e. The summed E-state index contributed by atoms with van der Waals surface area (Å²) in [7, 11) is 1.75. The van der Waals surface area contributed by atoms with Crippen molar-refractivity contribution in [3.05, 3.63) is 32.8 Å². The largest absolute Gasteiger partial charge is 0.434 e. The van der Waals surface area contributed by atoms with Gasteiger partial charge in [-0.2, -0.15) is 0 Å². The van der Waals surface area contributed by atoms with Crippen molar-refractivity contribution in [3.63, 3.8) is 0 Å². The zero-order valence-corrected chi connectivity index (χ0v) is 11.8. The van der Waals surface area contributed by atoms with Gasteiger partial charge in [-0.05, 0) is 22.0 Å². The summed E-state index contributed by atoms with van der Waals surface area (Å²) >= 11 is 15.2. The molecule has 1 heterocycles. The summed E-state index contributed by atoms with van der Waals surface area (Å²) in [6.45, 7) is 0. The van der Waals surface area contributed by atoms with Crippen LogP contribution in [0.1, 0.15) is 0 Å². The van der Waals surface area contributed by atoms with Gasteiger partial charge in [-0.15, -0.1) is 5.10 Å². The van der Waals surface area contributed by atoms with Crippen molar-refractivity contribution in [1.82, 2.24) is 9.78 Å². The van der Waals surface area contributed by atoms with Gasteiger partial charge in [0.15, 0.2) is 0 Å². The van der Waals surface area contributed by atoms with Gasteiger partial charge in [-0.25, -0.2) is 0 Å². The van der Waals surface area contributed by atoms with Gasteiger partial charge in [0.25, 0.3) is 5.88 Å². The van der Waals surface area contributed by atoms with Crippen molar-refractivity contribution >= 4 is 44.8 Å². The normalized spacial score (nSPS) is 10.6. The van der Waals surface area contributed by atoms with E-state index in [0.717, 1.165) is 0 Å². The van der Waals surface area contributed by atoms with Crippen LogP contribution in [0.3, 0.4) is 0 Å². The van der Waals surface area contributed by atoms with Crippen LogP contribution in [-0.2, 0) is 7.05 Å².